The van der Waals surface area contributed by atoms with Gasteiger partial charge in [0.2, 0.25) is 0 Å². The lowest BCUT2D eigenvalue weighted by Crippen LogP contribution is -2.27. The predicted molar refractivity (Wildman–Crippen MR) is 85.1 cm³/mol. The van der Waals surface area contributed by atoms with E-state index in [2.05, 4.69) is 45.0 Å². The molecule has 1 unspecified atom stereocenters. The molecule has 0 radical (unpaired) electrons. The summed E-state index contributed by atoms with van der Waals surface area (Å²) in [5, 5.41) is 18.5. The van der Waals surface area contributed by atoms with Crippen molar-refractivity contribution in [2.75, 3.05) is 0 Å². The third kappa shape index (κ3) is 4.13. The summed E-state index contributed by atoms with van der Waals surface area (Å²) in [4.78, 5) is 10.7. The first-order valence-electron chi connectivity index (χ1n) is 6.23. The van der Waals surface area contributed by atoms with Crippen molar-refractivity contribution >= 4 is 33.0 Å². The van der Waals surface area contributed by atoms with E-state index in [4.69, 9.17) is 0 Å². The Hall–Kier alpha value is -1.24. The summed E-state index contributed by atoms with van der Waals surface area (Å²) < 4.78 is 0.852. The maximum Gasteiger partial charge on any atom is 0.273 e. The maximum atomic E-state index is 11.0. The zero-order valence-electron chi connectivity index (χ0n) is 11.0. The standard InChI is InChI=1S/C14H15BrN2O2S/c1-10(6-11-4-5-20-9-11)16-8-12-7-13(15)2-3-14(12)17(18)19/h2-5,7,9-10,16H,6,8H2,1H3. The second-order valence-corrected chi connectivity index (χ2v) is 6.34. The summed E-state index contributed by atoms with van der Waals surface area (Å²) in [7, 11) is 0. The summed E-state index contributed by atoms with van der Waals surface area (Å²) in [5.41, 5.74) is 2.14. The molecule has 6 heteroatoms. The number of nitro benzene ring substituents is 1. The fourth-order valence-corrected chi connectivity index (χ4v) is 3.08. The van der Waals surface area contributed by atoms with Gasteiger partial charge in [-0.15, -0.1) is 0 Å². The molecule has 4 nitrogen and oxygen atoms in total. The van der Waals surface area contributed by atoms with Crippen molar-refractivity contribution in [1.82, 2.24) is 5.32 Å². The monoisotopic (exact) mass is 354 g/mol. The first-order valence-corrected chi connectivity index (χ1v) is 7.97. The lowest BCUT2D eigenvalue weighted by atomic mass is 10.1. The molecule has 1 heterocycles. The van der Waals surface area contributed by atoms with Crippen LogP contribution >= 0.6 is 27.3 Å². The Morgan fingerprint density at radius 3 is 2.90 bits per heavy atom. The van der Waals surface area contributed by atoms with Crippen LogP contribution in [0.1, 0.15) is 18.1 Å². The van der Waals surface area contributed by atoms with E-state index in [1.54, 1.807) is 23.5 Å². The molecule has 2 aromatic rings. The molecule has 0 aliphatic carbocycles. The first-order chi connectivity index (χ1) is 9.56. The highest BCUT2D eigenvalue weighted by Gasteiger charge is 2.14. The van der Waals surface area contributed by atoms with Crippen molar-refractivity contribution in [3.8, 4) is 0 Å². The normalized spacial score (nSPS) is 12.3. The second-order valence-electron chi connectivity index (χ2n) is 4.65. The number of nitro groups is 1. The molecule has 106 valence electrons. The van der Waals surface area contributed by atoms with Gasteiger partial charge in [0, 0.05) is 28.7 Å². The predicted octanol–water partition coefficient (Wildman–Crippen LogP) is 4.14. The molecular formula is C14H15BrN2O2S. The highest BCUT2D eigenvalue weighted by Crippen LogP contribution is 2.23. The van der Waals surface area contributed by atoms with Gasteiger partial charge in [-0.2, -0.15) is 11.3 Å². The van der Waals surface area contributed by atoms with Crippen molar-refractivity contribution in [3.05, 3.63) is 60.7 Å². The van der Waals surface area contributed by atoms with Crippen LogP contribution in [0.15, 0.2) is 39.5 Å². The van der Waals surface area contributed by atoms with E-state index in [0.29, 0.717) is 12.1 Å². The van der Waals surface area contributed by atoms with Crippen molar-refractivity contribution in [2.45, 2.75) is 25.9 Å². The molecule has 0 bridgehead atoms. The number of halogens is 1. The van der Waals surface area contributed by atoms with Crippen LogP contribution in [0.5, 0.6) is 0 Å². The fourth-order valence-electron chi connectivity index (χ4n) is 1.99. The number of rotatable bonds is 6. The van der Waals surface area contributed by atoms with E-state index >= 15 is 0 Å². The summed E-state index contributed by atoms with van der Waals surface area (Å²) in [6.07, 6.45) is 0.922. The largest absolute Gasteiger partial charge is 0.310 e. The third-order valence-corrected chi connectivity index (χ3v) is 4.23. The summed E-state index contributed by atoms with van der Waals surface area (Å²) >= 11 is 5.03. The highest BCUT2D eigenvalue weighted by atomic mass is 79.9. The van der Waals surface area contributed by atoms with Gasteiger partial charge in [0.1, 0.15) is 0 Å². The molecule has 1 aromatic heterocycles. The number of nitrogens with one attached hydrogen (secondary N) is 1. The van der Waals surface area contributed by atoms with Gasteiger partial charge < -0.3 is 5.32 Å². The zero-order chi connectivity index (χ0) is 14.5. The molecule has 0 aliphatic heterocycles. The number of nitrogens with zero attached hydrogens (tertiary/aromatic N) is 1. The lowest BCUT2D eigenvalue weighted by Gasteiger charge is -2.13. The van der Waals surface area contributed by atoms with E-state index in [1.165, 1.54) is 11.6 Å². The second kappa shape index (κ2) is 6.97. The van der Waals surface area contributed by atoms with Gasteiger partial charge in [-0.05, 0) is 47.9 Å². The first kappa shape index (κ1) is 15.2. The van der Waals surface area contributed by atoms with Crippen LogP contribution in [-0.4, -0.2) is 11.0 Å². The number of hydrogen-bond donors (Lipinski definition) is 1. The molecule has 0 fully saturated rings. The van der Waals surface area contributed by atoms with Crippen LogP contribution in [0.3, 0.4) is 0 Å². The molecule has 0 amide bonds. The van der Waals surface area contributed by atoms with Crippen LogP contribution in [0.4, 0.5) is 5.69 Å². The van der Waals surface area contributed by atoms with Gasteiger partial charge in [0.05, 0.1) is 4.92 Å². The lowest BCUT2D eigenvalue weighted by molar-refractivity contribution is -0.385. The molecule has 0 spiro atoms. The minimum absolute atomic E-state index is 0.156. The Morgan fingerprint density at radius 1 is 1.45 bits per heavy atom. The van der Waals surface area contributed by atoms with Crippen LogP contribution in [0.25, 0.3) is 0 Å². The SMILES string of the molecule is CC(Cc1ccsc1)NCc1cc(Br)ccc1[N+](=O)[O-]. The number of benzene rings is 1. The van der Waals surface area contributed by atoms with Gasteiger partial charge in [-0.1, -0.05) is 15.9 Å². The smallest absolute Gasteiger partial charge is 0.273 e. The van der Waals surface area contributed by atoms with E-state index < -0.39 is 0 Å². The van der Waals surface area contributed by atoms with Gasteiger partial charge in [-0.3, -0.25) is 10.1 Å². The molecule has 0 saturated carbocycles. The van der Waals surface area contributed by atoms with Gasteiger partial charge in [-0.25, -0.2) is 0 Å². The van der Waals surface area contributed by atoms with Crippen molar-refractivity contribution in [3.63, 3.8) is 0 Å². The van der Waals surface area contributed by atoms with Crippen molar-refractivity contribution in [1.29, 1.82) is 0 Å². The van der Waals surface area contributed by atoms with E-state index in [-0.39, 0.29) is 16.7 Å². The van der Waals surface area contributed by atoms with Crippen molar-refractivity contribution < 1.29 is 4.92 Å². The summed E-state index contributed by atoms with van der Waals surface area (Å²) in [6, 6.07) is 7.39. The van der Waals surface area contributed by atoms with Crippen LogP contribution < -0.4 is 5.32 Å². The molecular weight excluding hydrogens is 340 g/mol. The van der Waals surface area contributed by atoms with E-state index in [9.17, 15) is 10.1 Å². The number of hydrogen-bond acceptors (Lipinski definition) is 4. The average Bonchev–Trinajstić information content (AvgIpc) is 2.89. The molecule has 2 rings (SSSR count). The summed E-state index contributed by atoms with van der Waals surface area (Å²) in [5.74, 6) is 0. The van der Waals surface area contributed by atoms with E-state index in [1.807, 2.05) is 0 Å². The topological polar surface area (TPSA) is 55.2 Å². The number of thiophene rings is 1. The maximum absolute atomic E-state index is 11.0. The minimum atomic E-state index is -0.340. The Morgan fingerprint density at radius 2 is 2.25 bits per heavy atom. The zero-order valence-corrected chi connectivity index (χ0v) is 13.4. The Labute approximate surface area is 130 Å². The Kier molecular flexibility index (Phi) is 5.28. The molecule has 20 heavy (non-hydrogen) atoms. The molecule has 1 N–H and O–H groups in total. The Bertz CT molecular complexity index is 587. The highest BCUT2D eigenvalue weighted by molar-refractivity contribution is 9.10. The van der Waals surface area contributed by atoms with Crippen molar-refractivity contribution in [2.24, 2.45) is 0 Å². The Balaban J connectivity index is 1.99. The quantitative estimate of drug-likeness (QED) is 0.626. The summed E-state index contributed by atoms with van der Waals surface area (Å²) in [6.45, 7) is 2.57. The van der Waals surface area contributed by atoms with Gasteiger partial charge >= 0.3 is 0 Å². The molecule has 1 aromatic carbocycles. The van der Waals surface area contributed by atoms with E-state index in [0.717, 1.165) is 10.9 Å². The van der Waals surface area contributed by atoms with Crippen LogP contribution in [0, 0.1) is 10.1 Å². The van der Waals surface area contributed by atoms with Gasteiger partial charge in [0.15, 0.2) is 0 Å². The molecule has 0 aliphatic rings. The minimum Gasteiger partial charge on any atom is -0.310 e. The van der Waals surface area contributed by atoms with Crippen LogP contribution in [0.2, 0.25) is 0 Å². The molecule has 1 atom stereocenters. The molecule has 0 saturated heterocycles. The van der Waals surface area contributed by atoms with Gasteiger partial charge in [0.25, 0.3) is 5.69 Å². The average molecular weight is 355 g/mol. The fraction of sp³-hybridized carbons (Fsp3) is 0.286. The van der Waals surface area contributed by atoms with Crippen LogP contribution in [-0.2, 0) is 13.0 Å². The third-order valence-electron chi connectivity index (χ3n) is 3.00.